The molecule has 0 aromatic heterocycles. The van der Waals surface area contributed by atoms with Crippen molar-refractivity contribution >= 4 is 8.80 Å². The number of nitrogens with one attached hydrogen (secondary N) is 1. The summed E-state index contributed by atoms with van der Waals surface area (Å²) in [6.45, 7) is 9.85. The molecule has 19 heavy (non-hydrogen) atoms. The highest BCUT2D eigenvalue weighted by molar-refractivity contribution is 6.60. The van der Waals surface area contributed by atoms with Gasteiger partial charge in [-0.05, 0) is 25.8 Å². The van der Waals surface area contributed by atoms with Crippen molar-refractivity contribution in [3.05, 3.63) is 0 Å². The van der Waals surface area contributed by atoms with Crippen molar-refractivity contribution in [1.29, 1.82) is 0 Å². The Labute approximate surface area is 119 Å². The molecule has 0 fully saturated rings. The van der Waals surface area contributed by atoms with Crippen LogP contribution in [0.25, 0.3) is 0 Å². The zero-order valence-corrected chi connectivity index (χ0v) is 13.9. The van der Waals surface area contributed by atoms with E-state index in [0.29, 0.717) is 13.3 Å². The van der Waals surface area contributed by atoms with Crippen molar-refractivity contribution in [2.45, 2.75) is 52.5 Å². The monoisotopic (exact) mass is 292 g/mol. The van der Waals surface area contributed by atoms with Crippen molar-refractivity contribution in [3.8, 4) is 0 Å². The van der Waals surface area contributed by atoms with E-state index in [1.54, 1.807) is 0 Å². The van der Waals surface area contributed by atoms with E-state index in [2.05, 4.69) is 26.1 Å². The zero-order chi connectivity index (χ0) is 14.4. The van der Waals surface area contributed by atoms with Gasteiger partial charge in [0.2, 0.25) is 0 Å². The second kappa shape index (κ2) is 13.0. The molecule has 5 nitrogen and oxygen atoms in total. The molecule has 0 rings (SSSR count). The van der Waals surface area contributed by atoms with Crippen LogP contribution in [-0.4, -0.2) is 41.8 Å². The van der Waals surface area contributed by atoms with Crippen LogP contribution < -0.4 is 11.1 Å². The lowest BCUT2D eigenvalue weighted by Gasteiger charge is -2.29. The van der Waals surface area contributed by atoms with Crippen LogP contribution in [0.15, 0.2) is 0 Å². The Morgan fingerprint density at radius 2 is 1.47 bits per heavy atom. The van der Waals surface area contributed by atoms with Crippen LogP contribution in [0.5, 0.6) is 0 Å². The Hall–Kier alpha value is 0.0169. The lowest BCUT2D eigenvalue weighted by molar-refractivity contribution is 0.0583. The Bertz CT molecular complexity index is 189. The molecule has 0 aliphatic rings. The molecule has 6 heteroatoms. The van der Waals surface area contributed by atoms with Gasteiger partial charge in [-0.3, -0.25) is 0 Å². The fourth-order valence-corrected chi connectivity index (χ4v) is 4.47. The molecule has 0 atom stereocenters. The first-order chi connectivity index (χ1) is 9.24. The summed E-state index contributed by atoms with van der Waals surface area (Å²) in [5, 5.41) is 3.08. The first-order valence-electron chi connectivity index (χ1n) is 7.57. The van der Waals surface area contributed by atoms with Crippen LogP contribution in [0, 0.1) is 0 Å². The van der Waals surface area contributed by atoms with E-state index in [-0.39, 0.29) is 0 Å². The van der Waals surface area contributed by atoms with E-state index < -0.39 is 8.80 Å². The summed E-state index contributed by atoms with van der Waals surface area (Å²) >= 11 is 0. The summed E-state index contributed by atoms with van der Waals surface area (Å²) < 4.78 is 18.0. The van der Waals surface area contributed by atoms with Gasteiger partial charge in [0.1, 0.15) is 0 Å². The molecule has 0 aliphatic heterocycles. The molecule has 0 aromatic rings. The zero-order valence-electron chi connectivity index (χ0n) is 12.9. The number of hydrogen-bond acceptors (Lipinski definition) is 5. The quantitative estimate of drug-likeness (QED) is 0.292. The summed E-state index contributed by atoms with van der Waals surface area (Å²) in [7, 11) is -2.46. The molecule has 0 heterocycles. The summed E-state index contributed by atoms with van der Waals surface area (Å²) in [4.78, 5) is 0. The number of rotatable bonds is 14. The van der Waals surface area contributed by atoms with E-state index in [0.717, 1.165) is 51.5 Å². The van der Waals surface area contributed by atoms with Crippen LogP contribution >= 0.6 is 0 Å². The molecule has 0 spiro atoms. The van der Waals surface area contributed by atoms with Crippen molar-refractivity contribution < 1.29 is 13.3 Å². The Kier molecular flexibility index (Phi) is 13.0. The van der Waals surface area contributed by atoms with Crippen LogP contribution in [0.3, 0.4) is 0 Å². The Morgan fingerprint density at radius 1 is 0.895 bits per heavy atom. The average molecular weight is 292 g/mol. The third-order valence-corrected chi connectivity index (χ3v) is 5.62. The van der Waals surface area contributed by atoms with Crippen LogP contribution in [0.4, 0.5) is 0 Å². The predicted molar refractivity (Wildman–Crippen MR) is 81.0 cm³/mol. The maximum absolute atomic E-state index is 6.03. The second-order valence-corrected chi connectivity index (χ2v) is 7.27. The number of nitrogens with two attached hydrogens (primary N) is 1. The molecule has 0 saturated heterocycles. The Morgan fingerprint density at radius 3 is 1.95 bits per heavy atom. The van der Waals surface area contributed by atoms with Gasteiger partial charge in [-0.25, -0.2) is 0 Å². The van der Waals surface area contributed by atoms with Gasteiger partial charge in [-0.15, -0.1) is 0 Å². The normalized spacial score (nSPS) is 12.0. The number of hydrogen-bond donors (Lipinski definition) is 2. The third-order valence-electron chi connectivity index (χ3n) is 2.57. The molecule has 0 bridgehead atoms. The molecule has 0 aromatic carbocycles. The van der Waals surface area contributed by atoms with Gasteiger partial charge >= 0.3 is 8.80 Å². The average Bonchev–Trinajstić information content (AvgIpc) is 2.43. The highest BCUT2D eigenvalue weighted by atomic mass is 28.4. The molecule has 0 unspecified atom stereocenters. The van der Waals surface area contributed by atoms with Gasteiger partial charge < -0.3 is 24.3 Å². The van der Waals surface area contributed by atoms with Gasteiger partial charge in [0.25, 0.3) is 0 Å². The predicted octanol–water partition coefficient (Wildman–Crippen LogP) is 2.10. The van der Waals surface area contributed by atoms with Crippen LogP contribution in [-0.2, 0) is 13.3 Å². The fourth-order valence-electron chi connectivity index (χ4n) is 1.69. The minimum absolute atomic E-state index is 0.510. The van der Waals surface area contributed by atoms with Crippen LogP contribution in [0.1, 0.15) is 46.5 Å². The minimum Gasteiger partial charge on any atom is -0.373 e. The van der Waals surface area contributed by atoms with Crippen molar-refractivity contribution in [2.75, 3.05) is 33.0 Å². The maximum Gasteiger partial charge on any atom is 0.500 e. The van der Waals surface area contributed by atoms with Gasteiger partial charge in [-0.2, -0.15) is 0 Å². The first-order valence-corrected chi connectivity index (χ1v) is 9.50. The van der Waals surface area contributed by atoms with E-state index in [9.17, 15) is 0 Å². The summed E-state index contributed by atoms with van der Waals surface area (Å²) in [6, 6.07) is 0.900. The molecule has 0 aliphatic carbocycles. The van der Waals surface area contributed by atoms with Crippen molar-refractivity contribution in [1.82, 2.24) is 5.32 Å². The Balaban J connectivity index is 4.23. The summed E-state index contributed by atoms with van der Waals surface area (Å²) in [6.07, 6.45) is 3.94. The smallest absolute Gasteiger partial charge is 0.373 e. The van der Waals surface area contributed by atoms with Crippen molar-refractivity contribution in [3.63, 3.8) is 0 Å². The van der Waals surface area contributed by atoms with Gasteiger partial charge in [0.15, 0.2) is 0 Å². The molecule has 116 valence electrons. The fraction of sp³-hybridized carbons (Fsp3) is 1.00. The molecular weight excluding hydrogens is 260 g/mol. The van der Waals surface area contributed by atoms with Gasteiger partial charge in [0, 0.05) is 32.5 Å². The molecular formula is C13H32N2O3Si. The summed E-state index contributed by atoms with van der Waals surface area (Å²) in [5.41, 5.74) is 5.38. The molecule has 0 radical (unpaired) electrons. The SMILES string of the molecule is CCCO[Si](CCC)(OCCC)OCCCNCN. The van der Waals surface area contributed by atoms with E-state index in [4.69, 9.17) is 19.0 Å². The molecule has 0 amide bonds. The van der Waals surface area contributed by atoms with Crippen molar-refractivity contribution in [2.24, 2.45) is 5.73 Å². The summed E-state index contributed by atoms with van der Waals surface area (Å²) in [5.74, 6) is 0. The van der Waals surface area contributed by atoms with Gasteiger partial charge in [-0.1, -0.05) is 27.2 Å². The van der Waals surface area contributed by atoms with E-state index in [1.165, 1.54) is 0 Å². The lowest BCUT2D eigenvalue weighted by Crippen LogP contribution is -2.46. The van der Waals surface area contributed by atoms with Gasteiger partial charge in [0.05, 0.1) is 0 Å². The molecule has 3 N–H and O–H groups in total. The first kappa shape index (κ1) is 19.0. The van der Waals surface area contributed by atoms with Crippen LogP contribution in [0.2, 0.25) is 6.04 Å². The lowest BCUT2D eigenvalue weighted by atomic mass is 10.5. The highest BCUT2D eigenvalue weighted by Crippen LogP contribution is 2.19. The van der Waals surface area contributed by atoms with E-state index >= 15 is 0 Å². The standard InChI is InChI=1S/C13H32N2O3Si/c1-4-9-16-19(12-6-3,17-10-5-2)18-11-7-8-15-13-14/h15H,4-14H2,1-3H3. The highest BCUT2D eigenvalue weighted by Gasteiger charge is 2.39. The topological polar surface area (TPSA) is 65.7 Å². The largest absolute Gasteiger partial charge is 0.500 e. The minimum atomic E-state index is -2.46. The second-order valence-electron chi connectivity index (χ2n) is 4.54. The molecule has 0 saturated carbocycles. The third kappa shape index (κ3) is 9.54. The maximum atomic E-state index is 6.03. The van der Waals surface area contributed by atoms with E-state index in [1.807, 2.05) is 0 Å².